The number of benzene rings is 1. The fourth-order valence-corrected chi connectivity index (χ4v) is 4.31. The second-order valence-electron chi connectivity index (χ2n) is 4.63. The van der Waals surface area contributed by atoms with Gasteiger partial charge in [0.05, 0.1) is 0 Å². The smallest absolute Gasteiger partial charge is 0.0391 e. The quantitative estimate of drug-likeness (QED) is 0.876. The van der Waals surface area contributed by atoms with Crippen molar-refractivity contribution in [1.29, 1.82) is 0 Å². The van der Waals surface area contributed by atoms with Crippen LogP contribution in [0.5, 0.6) is 0 Å². The molecule has 0 saturated carbocycles. The molecular formula is C15H17NS2. The van der Waals surface area contributed by atoms with Crippen molar-refractivity contribution in [3.63, 3.8) is 0 Å². The lowest BCUT2D eigenvalue weighted by atomic mass is 10.0. The first-order chi connectivity index (χ1) is 8.84. The summed E-state index contributed by atoms with van der Waals surface area (Å²) in [5, 5.41) is 5.93. The Morgan fingerprint density at radius 3 is 2.94 bits per heavy atom. The molecule has 0 amide bonds. The number of hydrogen-bond donors (Lipinski definition) is 1. The third-order valence-electron chi connectivity index (χ3n) is 3.38. The monoisotopic (exact) mass is 275 g/mol. The first-order valence-corrected chi connectivity index (χ1v) is 8.22. The Labute approximate surface area is 117 Å². The predicted molar refractivity (Wildman–Crippen MR) is 80.4 cm³/mol. The van der Waals surface area contributed by atoms with E-state index in [0.29, 0.717) is 12.1 Å². The van der Waals surface area contributed by atoms with E-state index in [1.54, 1.807) is 0 Å². The Balaban J connectivity index is 1.78. The summed E-state index contributed by atoms with van der Waals surface area (Å²) in [5.74, 6) is 1.21. The van der Waals surface area contributed by atoms with E-state index in [1.165, 1.54) is 27.5 Å². The average Bonchev–Trinajstić information content (AvgIpc) is 2.93. The Morgan fingerprint density at radius 1 is 1.22 bits per heavy atom. The van der Waals surface area contributed by atoms with Gasteiger partial charge in [0.25, 0.3) is 0 Å². The van der Waals surface area contributed by atoms with Crippen molar-refractivity contribution >= 4 is 23.1 Å². The van der Waals surface area contributed by atoms with Crippen molar-refractivity contribution in [3.05, 3.63) is 52.2 Å². The van der Waals surface area contributed by atoms with Gasteiger partial charge in [0.2, 0.25) is 0 Å². The summed E-state index contributed by atoms with van der Waals surface area (Å²) in [5.41, 5.74) is 1.47. The molecule has 0 fully saturated rings. The van der Waals surface area contributed by atoms with Crippen molar-refractivity contribution in [2.24, 2.45) is 0 Å². The van der Waals surface area contributed by atoms with Crippen LogP contribution in [0.4, 0.5) is 0 Å². The maximum absolute atomic E-state index is 3.77. The highest BCUT2D eigenvalue weighted by Gasteiger charge is 2.22. The zero-order chi connectivity index (χ0) is 12.4. The Kier molecular flexibility index (Phi) is 3.73. The number of hydrogen-bond acceptors (Lipinski definition) is 3. The van der Waals surface area contributed by atoms with Crippen LogP contribution in [-0.2, 0) is 0 Å². The minimum atomic E-state index is 0.436. The molecule has 1 aliphatic rings. The second kappa shape index (κ2) is 5.47. The highest BCUT2D eigenvalue weighted by molar-refractivity contribution is 7.99. The molecule has 0 saturated heterocycles. The molecule has 1 nitrogen and oxygen atoms in total. The maximum Gasteiger partial charge on any atom is 0.0391 e. The minimum Gasteiger partial charge on any atom is -0.303 e. The summed E-state index contributed by atoms with van der Waals surface area (Å²) in [6, 6.07) is 14.1. The van der Waals surface area contributed by atoms with Crippen LogP contribution in [0, 0.1) is 0 Å². The fourth-order valence-electron chi connectivity index (χ4n) is 2.44. The van der Waals surface area contributed by atoms with Gasteiger partial charge in [0, 0.05) is 21.9 Å². The highest BCUT2D eigenvalue weighted by atomic mass is 32.2. The molecule has 2 aromatic rings. The number of thioether (sulfide) groups is 1. The molecule has 18 heavy (non-hydrogen) atoms. The van der Waals surface area contributed by atoms with E-state index in [1.807, 2.05) is 23.1 Å². The van der Waals surface area contributed by atoms with Crippen LogP contribution >= 0.6 is 23.1 Å². The zero-order valence-electron chi connectivity index (χ0n) is 10.4. The van der Waals surface area contributed by atoms with E-state index in [0.717, 1.165) is 0 Å². The minimum absolute atomic E-state index is 0.436. The molecular weight excluding hydrogens is 258 g/mol. The topological polar surface area (TPSA) is 12.0 Å². The normalized spacial score (nSPS) is 20.4. The number of thiophene rings is 1. The molecule has 1 aromatic heterocycles. The van der Waals surface area contributed by atoms with Crippen molar-refractivity contribution in [2.75, 3.05) is 5.75 Å². The summed E-state index contributed by atoms with van der Waals surface area (Å²) in [7, 11) is 0. The lowest BCUT2D eigenvalue weighted by Gasteiger charge is -2.28. The molecule has 3 heteroatoms. The SMILES string of the molecule is C[C@@H](NC1CCSc2ccccc21)c1cccs1. The van der Waals surface area contributed by atoms with Gasteiger partial charge in [-0.05, 0) is 42.2 Å². The zero-order valence-corrected chi connectivity index (χ0v) is 12.1. The Bertz CT molecular complexity index is 507. The van der Waals surface area contributed by atoms with Gasteiger partial charge in [-0.2, -0.15) is 0 Å². The molecule has 94 valence electrons. The maximum atomic E-state index is 3.77. The molecule has 0 aliphatic carbocycles. The van der Waals surface area contributed by atoms with Crippen LogP contribution in [0.3, 0.4) is 0 Å². The molecule has 0 spiro atoms. The first kappa shape index (κ1) is 12.3. The average molecular weight is 275 g/mol. The van der Waals surface area contributed by atoms with Gasteiger partial charge < -0.3 is 5.32 Å². The van der Waals surface area contributed by atoms with Gasteiger partial charge in [-0.3, -0.25) is 0 Å². The van der Waals surface area contributed by atoms with E-state index >= 15 is 0 Å². The van der Waals surface area contributed by atoms with Gasteiger partial charge in [-0.1, -0.05) is 24.3 Å². The van der Waals surface area contributed by atoms with Crippen LogP contribution in [0.1, 0.15) is 35.9 Å². The van der Waals surface area contributed by atoms with Gasteiger partial charge in [0.1, 0.15) is 0 Å². The third kappa shape index (κ3) is 2.48. The number of nitrogens with one attached hydrogen (secondary N) is 1. The lowest BCUT2D eigenvalue weighted by Crippen LogP contribution is -2.26. The first-order valence-electron chi connectivity index (χ1n) is 6.36. The van der Waals surface area contributed by atoms with E-state index in [4.69, 9.17) is 0 Å². The van der Waals surface area contributed by atoms with Crippen LogP contribution in [-0.4, -0.2) is 5.75 Å². The van der Waals surface area contributed by atoms with Crippen molar-refractivity contribution in [1.82, 2.24) is 5.32 Å². The molecule has 1 aliphatic heterocycles. The van der Waals surface area contributed by atoms with E-state index in [9.17, 15) is 0 Å². The molecule has 3 rings (SSSR count). The molecule has 0 radical (unpaired) electrons. The van der Waals surface area contributed by atoms with Gasteiger partial charge >= 0.3 is 0 Å². The fraction of sp³-hybridized carbons (Fsp3) is 0.333. The summed E-state index contributed by atoms with van der Waals surface area (Å²) in [6.07, 6.45) is 1.22. The van der Waals surface area contributed by atoms with E-state index in [2.05, 4.69) is 54.0 Å². The number of rotatable bonds is 3. The van der Waals surface area contributed by atoms with E-state index in [-0.39, 0.29) is 0 Å². The molecule has 2 heterocycles. The van der Waals surface area contributed by atoms with Gasteiger partial charge in [-0.15, -0.1) is 23.1 Å². The van der Waals surface area contributed by atoms with Crippen molar-refractivity contribution < 1.29 is 0 Å². The molecule has 1 unspecified atom stereocenters. The van der Waals surface area contributed by atoms with Crippen LogP contribution in [0.2, 0.25) is 0 Å². The summed E-state index contributed by atoms with van der Waals surface area (Å²) in [6.45, 7) is 2.26. The van der Waals surface area contributed by atoms with Gasteiger partial charge in [-0.25, -0.2) is 0 Å². The summed E-state index contributed by atoms with van der Waals surface area (Å²) in [4.78, 5) is 2.87. The predicted octanol–water partition coefficient (Wildman–Crippen LogP) is 4.64. The Morgan fingerprint density at radius 2 is 2.11 bits per heavy atom. The molecule has 1 aromatic carbocycles. The molecule has 2 atom stereocenters. The lowest BCUT2D eigenvalue weighted by molar-refractivity contribution is 0.454. The highest BCUT2D eigenvalue weighted by Crippen LogP contribution is 2.37. The molecule has 0 bridgehead atoms. The van der Waals surface area contributed by atoms with Crippen molar-refractivity contribution in [3.8, 4) is 0 Å². The van der Waals surface area contributed by atoms with Crippen LogP contribution < -0.4 is 5.32 Å². The molecule has 1 N–H and O–H groups in total. The Hall–Kier alpha value is -0.770. The third-order valence-corrected chi connectivity index (χ3v) is 5.56. The second-order valence-corrected chi connectivity index (χ2v) is 6.75. The standard InChI is InChI=1S/C15H17NS2/c1-11(14-7-4-9-17-14)16-13-8-10-18-15-6-3-2-5-12(13)15/h2-7,9,11,13,16H,8,10H2,1H3/t11-,13?/m1/s1. The number of fused-ring (bicyclic) bond motifs is 1. The van der Waals surface area contributed by atoms with E-state index < -0.39 is 0 Å². The summed E-state index contributed by atoms with van der Waals surface area (Å²) >= 11 is 3.81. The van der Waals surface area contributed by atoms with Crippen molar-refractivity contribution in [2.45, 2.75) is 30.3 Å². The van der Waals surface area contributed by atoms with Crippen LogP contribution in [0.25, 0.3) is 0 Å². The summed E-state index contributed by atoms with van der Waals surface area (Å²) < 4.78 is 0. The van der Waals surface area contributed by atoms with Crippen LogP contribution in [0.15, 0.2) is 46.7 Å². The largest absolute Gasteiger partial charge is 0.303 e. The van der Waals surface area contributed by atoms with Gasteiger partial charge in [0.15, 0.2) is 0 Å².